The van der Waals surface area contributed by atoms with Gasteiger partial charge in [-0.15, -0.1) is 5.10 Å². The molecule has 0 unspecified atom stereocenters. The van der Waals surface area contributed by atoms with E-state index in [9.17, 15) is 9.59 Å². The first-order valence-corrected chi connectivity index (χ1v) is 6.50. The van der Waals surface area contributed by atoms with Crippen molar-refractivity contribution in [3.8, 4) is 0 Å². The fourth-order valence-corrected chi connectivity index (χ4v) is 2.07. The number of para-hydroxylation sites is 1. The zero-order valence-corrected chi connectivity index (χ0v) is 11.4. The molecule has 0 radical (unpaired) electrons. The molecule has 0 aromatic heterocycles. The van der Waals surface area contributed by atoms with Crippen molar-refractivity contribution < 1.29 is 14.7 Å². The van der Waals surface area contributed by atoms with Gasteiger partial charge in [0, 0.05) is 5.56 Å². The summed E-state index contributed by atoms with van der Waals surface area (Å²) in [6.07, 6.45) is 1.47. The minimum absolute atomic E-state index is 0.201. The van der Waals surface area contributed by atoms with Crippen LogP contribution in [-0.4, -0.2) is 28.9 Å². The van der Waals surface area contributed by atoms with E-state index >= 15 is 0 Å². The molecule has 2 aromatic rings. The summed E-state index contributed by atoms with van der Waals surface area (Å²) in [6.45, 7) is 0. The molecular formula is C16H11N3O3. The molecule has 0 aliphatic carbocycles. The Morgan fingerprint density at radius 2 is 1.82 bits per heavy atom. The van der Waals surface area contributed by atoms with Crippen LogP contribution in [0.25, 0.3) is 0 Å². The lowest BCUT2D eigenvalue weighted by molar-refractivity contribution is -0.110. The van der Waals surface area contributed by atoms with E-state index in [1.165, 1.54) is 18.3 Å². The number of carbonyl (C=O) groups excluding carboxylic acids is 1. The zero-order valence-electron chi connectivity index (χ0n) is 11.4. The summed E-state index contributed by atoms with van der Waals surface area (Å²) in [4.78, 5) is 22.6. The van der Waals surface area contributed by atoms with Crippen molar-refractivity contribution in [2.75, 3.05) is 5.32 Å². The normalized spacial score (nSPS) is 15.1. The Hall–Kier alpha value is -3.28. The van der Waals surface area contributed by atoms with Crippen molar-refractivity contribution >= 4 is 29.5 Å². The van der Waals surface area contributed by atoms with Gasteiger partial charge in [-0.3, -0.25) is 4.79 Å². The Morgan fingerprint density at radius 3 is 2.55 bits per heavy atom. The van der Waals surface area contributed by atoms with E-state index in [1.54, 1.807) is 24.3 Å². The number of amides is 1. The van der Waals surface area contributed by atoms with Crippen LogP contribution in [0.15, 0.2) is 58.7 Å². The Morgan fingerprint density at radius 1 is 1.09 bits per heavy atom. The third-order valence-corrected chi connectivity index (χ3v) is 3.17. The van der Waals surface area contributed by atoms with Crippen LogP contribution >= 0.6 is 0 Å². The van der Waals surface area contributed by atoms with E-state index in [2.05, 4.69) is 15.5 Å². The minimum atomic E-state index is -0.983. The lowest BCUT2D eigenvalue weighted by Gasteiger charge is -1.95. The van der Waals surface area contributed by atoms with Gasteiger partial charge in [0.1, 0.15) is 0 Å². The van der Waals surface area contributed by atoms with Gasteiger partial charge in [0.25, 0.3) is 5.91 Å². The van der Waals surface area contributed by atoms with Crippen LogP contribution in [-0.2, 0) is 4.79 Å². The number of carboxylic acids is 1. The monoisotopic (exact) mass is 293 g/mol. The predicted octanol–water partition coefficient (Wildman–Crippen LogP) is 2.16. The molecule has 1 aliphatic heterocycles. The quantitative estimate of drug-likeness (QED) is 0.671. The van der Waals surface area contributed by atoms with Crippen LogP contribution < -0.4 is 5.32 Å². The van der Waals surface area contributed by atoms with Crippen molar-refractivity contribution in [3.05, 3.63) is 65.2 Å². The largest absolute Gasteiger partial charge is 0.478 e. The number of carbonyl (C=O) groups is 2. The van der Waals surface area contributed by atoms with Crippen LogP contribution in [0.3, 0.4) is 0 Å². The molecule has 6 nitrogen and oxygen atoms in total. The van der Waals surface area contributed by atoms with Gasteiger partial charge in [0.15, 0.2) is 5.71 Å². The maximum absolute atomic E-state index is 11.8. The molecule has 0 fully saturated rings. The molecular weight excluding hydrogens is 282 g/mol. The minimum Gasteiger partial charge on any atom is -0.478 e. The number of benzene rings is 2. The lowest BCUT2D eigenvalue weighted by atomic mass is 10.1. The summed E-state index contributed by atoms with van der Waals surface area (Å²) < 4.78 is 0. The molecule has 3 rings (SSSR count). The van der Waals surface area contributed by atoms with Gasteiger partial charge in [-0.1, -0.05) is 30.3 Å². The SMILES string of the molecule is O=C1Nc2ccccc2/C1=N/N=C/c1ccc(C(=O)O)cc1. The Kier molecular flexibility index (Phi) is 3.49. The number of anilines is 1. The number of fused-ring (bicyclic) bond motifs is 1. The number of rotatable bonds is 3. The zero-order chi connectivity index (χ0) is 15.5. The molecule has 2 N–H and O–H groups in total. The lowest BCUT2D eigenvalue weighted by Crippen LogP contribution is -2.13. The molecule has 0 bridgehead atoms. The van der Waals surface area contributed by atoms with Gasteiger partial charge >= 0.3 is 5.97 Å². The second-order valence-electron chi connectivity index (χ2n) is 4.62. The summed E-state index contributed by atoms with van der Waals surface area (Å²) in [6, 6.07) is 13.4. The van der Waals surface area contributed by atoms with Gasteiger partial charge in [-0.25, -0.2) is 4.79 Å². The van der Waals surface area contributed by atoms with E-state index in [0.29, 0.717) is 16.8 Å². The van der Waals surface area contributed by atoms with Gasteiger partial charge < -0.3 is 10.4 Å². The average molecular weight is 293 g/mol. The highest BCUT2D eigenvalue weighted by Gasteiger charge is 2.25. The van der Waals surface area contributed by atoms with E-state index in [-0.39, 0.29) is 17.2 Å². The molecule has 1 aliphatic rings. The number of aromatic carboxylic acids is 1. The molecule has 22 heavy (non-hydrogen) atoms. The van der Waals surface area contributed by atoms with Crippen LogP contribution in [0.2, 0.25) is 0 Å². The van der Waals surface area contributed by atoms with Crippen molar-refractivity contribution in [2.24, 2.45) is 10.2 Å². The maximum atomic E-state index is 11.8. The van der Waals surface area contributed by atoms with Crippen LogP contribution in [0.1, 0.15) is 21.5 Å². The first-order valence-electron chi connectivity index (χ1n) is 6.50. The van der Waals surface area contributed by atoms with E-state index in [1.807, 2.05) is 12.1 Å². The van der Waals surface area contributed by atoms with Crippen LogP contribution in [0.5, 0.6) is 0 Å². The van der Waals surface area contributed by atoms with Gasteiger partial charge in [0.2, 0.25) is 0 Å². The topological polar surface area (TPSA) is 91.1 Å². The fourth-order valence-electron chi connectivity index (χ4n) is 2.07. The second-order valence-corrected chi connectivity index (χ2v) is 4.62. The molecule has 2 aromatic carbocycles. The van der Waals surface area contributed by atoms with Crippen molar-refractivity contribution in [1.82, 2.24) is 0 Å². The Bertz CT molecular complexity index is 808. The number of nitrogens with zero attached hydrogens (tertiary/aromatic N) is 2. The molecule has 0 spiro atoms. The Labute approximate surface area is 125 Å². The highest BCUT2D eigenvalue weighted by atomic mass is 16.4. The molecule has 6 heteroatoms. The molecule has 1 heterocycles. The molecule has 1 amide bonds. The van der Waals surface area contributed by atoms with Crippen LogP contribution in [0.4, 0.5) is 5.69 Å². The van der Waals surface area contributed by atoms with E-state index < -0.39 is 5.97 Å². The molecule has 0 saturated heterocycles. The summed E-state index contributed by atoms with van der Waals surface area (Å²) in [5.41, 5.74) is 2.58. The first-order chi connectivity index (χ1) is 10.6. The predicted molar refractivity (Wildman–Crippen MR) is 82.6 cm³/mol. The maximum Gasteiger partial charge on any atom is 0.335 e. The third kappa shape index (κ3) is 2.62. The van der Waals surface area contributed by atoms with E-state index in [0.717, 1.165) is 0 Å². The summed E-state index contributed by atoms with van der Waals surface area (Å²) in [5.74, 6) is -1.28. The molecule has 0 atom stereocenters. The average Bonchev–Trinajstić information content (AvgIpc) is 2.84. The number of hydrogen-bond acceptors (Lipinski definition) is 4. The molecule has 0 saturated carbocycles. The second kappa shape index (κ2) is 5.61. The first kappa shape index (κ1) is 13.7. The standard InChI is InChI=1S/C16H11N3O3/c20-15-14(12-3-1-2-4-13(12)18-15)19-17-9-10-5-7-11(8-6-10)16(21)22/h1-9H,(H,21,22)(H,18,19,20)/b17-9+. The van der Waals surface area contributed by atoms with Crippen LogP contribution in [0, 0.1) is 0 Å². The highest BCUT2D eigenvalue weighted by molar-refractivity contribution is 6.53. The smallest absolute Gasteiger partial charge is 0.335 e. The van der Waals surface area contributed by atoms with Crippen molar-refractivity contribution in [3.63, 3.8) is 0 Å². The highest BCUT2D eigenvalue weighted by Crippen LogP contribution is 2.22. The van der Waals surface area contributed by atoms with Crippen molar-refractivity contribution in [1.29, 1.82) is 0 Å². The fraction of sp³-hybridized carbons (Fsp3) is 0. The number of hydrogen-bond donors (Lipinski definition) is 2. The molecule has 108 valence electrons. The number of nitrogens with one attached hydrogen (secondary N) is 1. The van der Waals surface area contributed by atoms with E-state index in [4.69, 9.17) is 5.11 Å². The Balaban J connectivity index is 1.82. The number of carboxylic acid groups (broad SMARTS) is 1. The van der Waals surface area contributed by atoms with Gasteiger partial charge in [-0.2, -0.15) is 5.10 Å². The third-order valence-electron chi connectivity index (χ3n) is 3.17. The van der Waals surface area contributed by atoms with Crippen molar-refractivity contribution in [2.45, 2.75) is 0 Å². The van der Waals surface area contributed by atoms with Gasteiger partial charge in [0.05, 0.1) is 17.5 Å². The summed E-state index contributed by atoms with van der Waals surface area (Å²) >= 11 is 0. The summed E-state index contributed by atoms with van der Waals surface area (Å²) in [7, 11) is 0. The summed E-state index contributed by atoms with van der Waals surface area (Å²) in [5, 5.41) is 19.4. The van der Waals surface area contributed by atoms with Gasteiger partial charge in [-0.05, 0) is 23.8 Å².